The van der Waals surface area contributed by atoms with Gasteiger partial charge in [-0.3, -0.25) is 0 Å². The molecule has 2 aromatic heterocycles. The van der Waals surface area contributed by atoms with Crippen molar-refractivity contribution in [3.63, 3.8) is 0 Å². The van der Waals surface area contributed by atoms with Crippen LogP contribution >= 0.6 is 11.3 Å². The van der Waals surface area contributed by atoms with Gasteiger partial charge in [0.15, 0.2) is 17.5 Å². The molecule has 9 aromatic carbocycles. The van der Waals surface area contributed by atoms with Crippen molar-refractivity contribution in [1.29, 1.82) is 0 Å². The molecule has 0 amide bonds. The average molecular weight is 785 g/mol. The third kappa shape index (κ3) is 6.38. The van der Waals surface area contributed by atoms with E-state index in [-0.39, 0.29) is 0 Å². The number of hydrogen-bond acceptors (Lipinski definition) is 5. The van der Waals surface area contributed by atoms with Crippen LogP contribution < -0.4 is 4.90 Å². The van der Waals surface area contributed by atoms with Crippen molar-refractivity contribution in [2.45, 2.75) is 0 Å². The molecule has 2 heterocycles. The van der Waals surface area contributed by atoms with Crippen LogP contribution in [0.15, 0.2) is 218 Å². The van der Waals surface area contributed by atoms with E-state index >= 15 is 0 Å². The Bertz CT molecular complexity index is 3200. The SMILES string of the molecule is c1ccc(-c2nc(-c3ccccc3)nc(-c3ccc(-c4ccc(-c5ccc(N(c6ccccc6)c6ccccc6)cc5)c5sc6ccccc6c45)c4ccccc34)n2)cc1. The van der Waals surface area contributed by atoms with Crippen molar-refractivity contribution in [3.8, 4) is 56.4 Å². The molecule has 0 saturated carbocycles. The zero-order valence-electron chi connectivity index (χ0n) is 32.5. The van der Waals surface area contributed by atoms with Gasteiger partial charge in [0.1, 0.15) is 0 Å². The number of hydrogen-bond donors (Lipinski definition) is 0. The first-order chi connectivity index (χ1) is 29.8. The van der Waals surface area contributed by atoms with Gasteiger partial charge in [0.05, 0.1) is 0 Å². The molecule has 0 atom stereocenters. The minimum atomic E-state index is 0.647. The lowest BCUT2D eigenvalue weighted by molar-refractivity contribution is 1.08. The van der Waals surface area contributed by atoms with E-state index in [0.29, 0.717) is 17.5 Å². The van der Waals surface area contributed by atoms with Gasteiger partial charge in [-0.15, -0.1) is 11.3 Å². The molecule has 0 fully saturated rings. The highest BCUT2D eigenvalue weighted by molar-refractivity contribution is 7.26. The van der Waals surface area contributed by atoms with Crippen LogP contribution in [0.1, 0.15) is 0 Å². The highest BCUT2D eigenvalue weighted by Gasteiger charge is 2.20. The molecule has 0 aliphatic rings. The predicted octanol–water partition coefficient (Wildman–Crippen LogP) is 15.2. The van der Waals surface area contributed by atoms with Gasteiger partial charge in [0, 0.05) is 53.9 Å². The van der Waals surface area contributed by atoms with E-state index in [1.165, 1.54) is 42.4 Å². The van der Waals surface area contributed by atoms with E-state index in [9.17, 15) is 0 Å². The average Bonchev–Trinajstić information content (AvgIpc) is 3.72. The van der Waals surface area contributed by atoms with Gasteiger partial charge < -0.3 is 4.90 Å². The van der Waals surface area contributed by atoms with Gasteiger partial charge in [-0.25, -0.2) is 15.0 Å². The first-order valence-electron chi connectivity index (χ1n) is 20.1. The minimum Gasteiger partial charge on any atom is -0.311 e. The molecule has 11 aromatic rings. The van der Waals surface area contributed by atoms with Crippen molar-refractivity contribution >= 4 is 59.3 Å². The zero-order chi connectivity index (χ0) is 39.8. The summed E-state index contributed by atoms with van der Waals surface area (Å²) >= 11 is 1.86. The number of anilines is 3. The molecule has 5 heteroatoms. The molecular formula is C55H36N4S. The maximum Gasteiger partial charge on any atom is 0.164 e. The Hall–Kier alpha value is -7.73. The summed E-state index contributed by atoms with van der Waals surface area (Å²) in [4.78, 5) is 17.5. The van der Waals surface area contributed by atoms with E-state index in [0.717, 1.165) is 44.5 Å². The summed E-state index contributed by atoms with van der Waals surface area (Å²) < 4.78 is 2.54. The molecule has 4 nitrogen and oxygen atoms in total. The van der Waals surface area contributed by atoms with Gasteiger partial charge >= 0.3 is 0 Å². The van der Waals surface area contributed by atoms with Crippen molar-refractivity contribution in [2.75, 3.05) is 4.90 Å². The Morgan fingerprint density at radius 2 is 0.733 bits per heavy atom. The number of fused-ring (bicyclic) bond motifs is 4. The molecule has 0 radical (unpaired) electrons. The number of nitrogens with zero attached hydrogens (tertiary/aromatic N) is 4. The fraction of sp³-hybridized carbons (Fsp3) is 0. The smallest absolute Gasteiger partial charge is 0.164 e. The van der Waals surface area contributed by atoms with Crippen LogP contribution in [-0.4, -0.2) is 15.0 Å². The third-order valence-corrected chi connectivity index (χ3v) is 12.4. The van der Waals surface area contributed by atoms with E-state index in [2.05, 4.69) is 163 Å². The Morgan fingerprint density at radius 3 is 1.33 bits per heavy atom. The maximum atomic E-state index is 5.11. The van der Waals surface area contributed by atoms with Gasteiger partial charge in [-0.1, -0.05) is 170 Å². The number of benzene rings is 9. The summed E-state index contributed by atoms with van der Waals surface area (Å²) in [5.74, 6) is 1.94. The monoisotopic (exact) mass is 784 g/mol. The van der Waals surface area contributed by atoms with Crippen LogP contribution in [-0.2, 0) is 0 Å². The number of para-hydroxylation sites is 2. The lowest BCUT2D eigenvalue weighted by atomic mass is 9.90. The van der Waals surface area contributed by atoms with Crippen LogP contribution in [0, 0.1) is 0 Å². The van der Waals surface area contributed by atoms with E-state index < -0.39 is 0 Å². The molecule has 11 rings (SSSR count). The van der Waals surface area contributed by atoms with Crippen LogP contribution in [0.3, 0.4) is 0 Å². The molecule has 0 aliphatic heterocycles. The van der Waals surface area contributed by atoms with E-state index in [4.69, 9.17) is 15.0 Å². The molecule has 0 spiro atoms. The van der Waals surface area contributed by atoms with Crippen molar-refractivity contribution in [2.24, 2.45) is 0 Å². The molecule has 0 aliphatic carbocycles. The third-order valence-electron chi connectivity index (χ3n) is 11.1. The topological polar surface area (TPSA) is 41.9 Å². The largest absolute Gasteiger partial charge is 0.311 e. The fourth-order valence-corrected chi connectivity index (χ4v) is 9.59. The summed E-state index contributed by atoms with van der Waals surface area (Å²) in [6.45, 7) is 0. The van der Waals surface area contributed by atoms with Crippen molar-refractivity contribution in [3.05, 3.63) is 218 Å². The first kappa shape index (κ1) is 35.4. The molecule has 0 N–H and O–H groups in total. The quantitative estimate of drug-likeness (QED) is 0.154. The Morgan fingerprint density at radius 1 is 0.300 bits per heavy atom. The summed E-state index contributed by atoms with van der Waals surface area (Å²) in [6.07, 6.45) is 0. The number of aromatic nitrogens is 3. The van der Waals surface area contributed by atoms with Crippen molar-refractivity contribution < 1.29 is 0 Å². The molecular weight excluding hydrogens is 749 g/mol. The lowest BCUT2D eigenvalue weighted by Gasteiger charge is -2.25. The van der Waals surface area contributed by atoms with Gasteiger partial charge in [-0.05, 0) is 81.6 Å². The standard InChI is InChI=1S/C55H36N4S/c1-5-17-38(18-6-1)53-56-54(39-19-7-2-8-20-39)58-55(57-53)48-36-34-46(44-25-13-14-26-45(44)48)47-35-33-43(52-51(47)49-27-15-16-28-50(49)60-52)37-29-31-42(32-30-37)59(40-21-9-3-10-22-40)41-23-11-4-12-24-41/h1-36H. The lowest BCUT2D eigenvalue weighted by Crippen LogP contribution is -2.09. The Balaban J connectivity index is 1.05. The summed E-state index contributed by atoms with van der Waals surface area (Å²) in [7, 11) is 0. The van der Waals surface area contributed by atoms with E-state index in [1.54, 1.807) is 0 Å². The Labute approximate surface area is 352 Å². The highest BCUT2D eigenvalue weighted by Crippen LogP contribution is 2.47. The van der Waals surface area contributed by atoms with E-state index in [1.807, 2.05) is 72.0 Å². The second-order valence-electron chi connectivity index (χ2n) is 14.8. The van der Waals surface area contributed by atoms with Crippen LogP contribution in [0.4, 0.5) is 17.1 Å². The van der Waals surface area contributed by atoms with Crippen LogP contribution in [0.5, 0.6) is 0 Å². The fourth-order valence-electron chi connectivity index (χ4n) is 8.33. The molecule has 60 heavy (non-hydrogen) atoms. The minimum absolute atomic E-state index is 0.647. The van der Waals surface area contributed by atoms with Crippen LogP contribution in [0.25, 0.3) is 87.4 Å². The molecule has 0 bridgehead atoms. The van der Waals surface area contributed by atoms with Crippen molar-refractivity contribution in [1.82, 2.24) is 15.0 Å². The summed E-state index contributed by atoms with van der Waals surface area (Å²) in [6, 6.07) is 76.9. The number of rotatable bonds is 8. The maximum absolute atomic E-state index is 5.11. The summed E-state index contributed by atoms with van der Waals surface area (Å²) in [5, 5.41) is 4.76. The molecule has 0 unspecified atom stereocenters. The molecule has 0 saturated heterocycles. The predicted molar refractivity (Wildman–Crippen MR) is 252 cm³/mol. The normalized spacial score (nSPS) is 11.3. The zero-order valence-corrected chi connectivity index (χ0v) is 33.3. The van der Waals surface area contributed by atoms with Gasteiger partial charge in [-0.2, -0.15) is 0 Å². The first-order valence-corrected chi connectivity index (χ1v) is 20.9. The molecule has 282 valence electrons. The number of thiophene rings is 1. The second-order valence-corrected chi connectivity index (χ2v) is 15.8. The van der Waals surface area contributed by atoms with Gasteiger partial charge in [0.25, 0.3) is 0 Å². The second kappa shape index (κ2) is 15.2. The van der Waals surface area contributed by atoms with Gasteiger partial charge in [0.2, 0.25) is 0 Å². The van der Waals surface area contributed by atoms with Crippen LogP contribution in [0.2, 0.25) is 0 Å². The highest BCUT2D eigenvalue weighted by atomic mass is 32.1. The Kier molecular flexibility index (Phi) is 8.99. The summed E-state index contributed by atoms with van der Waals surface area (Å²) in [5.41, 5.74) is 11.0.